The van der Waals surface area contributed by atoms with Crippen LogP contribution in [0.3, 0.4) is 0 Å². The Bertz CT molecular complexity index is 347. The van der Waals surface area contributed by atoms with Crippen molar-refractivity contribution in [3.05, 3.63) is 17.7 Å². The third kappa shape index (κ3) is 3.06. The molecule has 1 heterocycles. The number of carbonyl (C=O) groups excluding carboxylic acids is 1. The van der Waals surface area contributed by atoms with Crippen LogP contribution in [0.2, 0.25) is 0 Å². The number of unbranched alkanes of at least 4 members (excludes halogenated alkanes) is 1. The fraction of sp³-hybridized carbons (Fsp3) is 0.636. The van der Waals surface area contributed by atoms with E-state index in [0.29, 0.717) is 18.8 Å². The topological polar surface area (TPSA) is 70.1 Å². The molecule has 0 radical (unpaired) electrons. The average Bonchev–Trinajstić information content (AvgIpc) is 2.61. The van der Waals surface area contributed by atoms with E-state index in [1.54, 1.807) is 13.3 Å². The van der Waals surface area contributed by atoms with E-state index in [0.717, 1.165) is 25.1 Å². The predicted octanol–water partition coefficient (Wildman–Crippen LogP) is 1.11. The number of nitrogens with two attached hydrogens (primary N) is 1. The third-order valence-corrected chi connectivity index (χ3v) is 2.42. The summed E-state index contributed by atoms with van der Waals surface area (Å²) in [5.41, 5.74) is 6.69. The zero-order chi connectivity index (χ0) is 12.0. The van der Waals surface area contributed by atoms with Crippen molar-refractivity contribution < 1.29 is 9.53 Å². The second-order valence-electron chi connectivity index (χ2n) is 3.59. The minimum Gasteiger partial charge on any atom is -0.461 e. The van der Waals surface area contributed by atoms with E-state index in [2.05, 4.69) is 4.98 Å². The molecule has 0 saturated carbocycles. The van der Waals surface area contributed by atoms with Crippen LogP contribution in [0, 0.1) is 6.92 Å². The molecule has 0 aliphatic rings. The van der Waals surface area contributed by atoms with Crippen LogP contribution in [-0.4, -0.2) is 28.7 Å². The Labute approximate surface area is 95.6 Å². The molecule has 0 unspecified atom stereocenters. The number of aryl methyl sites for hydroxylation is 1. The minimum atomic E-state index is -0.349. The molecule has 0 bridgehead atoms. The summed E-state index contributed by atoms with van der Waals surface area (Å²) >= 11 is 0. The summed E-state index contributed by atoms with van der Waals surface area (Å²) in [5, 5.41) is 0. The van der Waals surface area contributed by atoms with E-state index in [1.165, 1.54) is 0 Å². The van der Waals surface area contributed by atoms with Gasteiger partial charge in [0.05, 0.1) is 12.9 Å². The van der Waals surface area contributed by atoms with Crippen molar-refractivity contribution in [2.24, 2.45) is 5.73 Å². The van der Waals surface area contributed by atoms with Crippen molar-refractivity contribution >= 4 is 5.97 Å². The molecular formula is C11H19N3O2. The Morgan fingerprint density at radius 1 is 1.56 bits per heavy atom. The molecule has 0 atom stereocenters. The van der Waals surface area contributed by atoms with Gasteiger partial charge in [-0.25, -0.2) is 9.78 Å². The SMILES string of the molecule is CCOC(=O)c1ncn(CCCCN)c1C. The second kappa shape index (κ2) is 6.27. The maximum atomic E-state index is 11.5. The van der Waals surface area contributed by atoms with Gasteiger partial charge >= 0.3 is 5.97 Å². The number of esters is 1. The second-order valence-corrected chi connectivity index (χ2v) is 3.59. The highest BCUT2D eigenvalue weighted by Crippen LogP contribution is 2.09. The van der Waals surface area contributed by atoms with Crippen molar-refractivity contribution in [3.63, 3.8) is 0 Å². The van der Waals surface area contributed by atoms with Crippen molar-refractivity contribution in [1.82, 2.24) is 9.55 Å². The molecule has 2 N–H and O–H groups in total. The lowest BCUT2D eigenvalue weighted by Crippen LogP contribution is -2.08. The van der Waals surface area contributed by atoms with Gasteiger partial charge in [0, 0.05) is 12.2 Å². The molecule has 0 spiro atoms. The summed E-state index contributed by atoms with van der Waals surface area (Å²) in [4.78, 5) is 15.6. The predicted molar refractivity (Wildman–Crippen MR) is 61.2 cm³/mol. The van der Waals surface area contributed by atoms with E-state index in [4.69, 9.17) is 10.5 Å². The average molecular weight is 225 g/mol. The molecule has 0 aromatic carbocycles. The van der Waals surface area contributed by atoms with Crippen LogP contribution in [0.1, 0.15) is 35.9 Å². The maximum absolute atomic E-state index is 11.5. The van der Waals surface area contributed by atoms with Crippen molar-refractivity contribution in [1.29, 1.82) is 0 Å². The standard InChI is InChI=1S/C11H19N3O2/c1-3-16-11(15)10-9(2)14(8-13-10)7-5-4-6-12/h8H,3-7,12H2,1-2H3. The molecule has 1 aromatic rings. The molecule has 0 amide bonds. The van der Waals surface area contributed by atoms with E-state index in [1.807, 2.05) is 11.5 Å². The van der Waals surface area contributed by atoms with Gasteiger partial charge < -0.3 is 15.0 Å². The van der Waals surface area contributed by atoms with Gasteiger partial charge in [-0.3, -0.25) is 0 Å². The number of hydrogen-bond donors (Lipinski definition) is 1. The van der Waals surface area contributed by atoms with E-state index >= 15 is 0 Å². The van der Waals surface area contributed by atoms with E-state index in [-0.39, 0.29) is 5.97 Å². The summed E-state index contributed by atoms with van der Waals surface area (Å²) < 4.78 is 6.87. The van der Waals surface area contributed by atoms with Crippen LogP contribution >= 0.6 is 0 Å². The molecular weight excluding hydrogens is 206 g/mol. The van der Waals surface area contributed by atoms with Crippen molar-refractivity contribution in [2.75, 3.05) is 13.2 Å². The van der Waals surface area contributed by atoms with Gasteiger partial charge in [0.25, 0.3) is 0 Å². The first-order valence-corrected chi connectivity index (χ1v) is 5.59. The lowest BCUT2D eigenvalue weighted by molar-refractivity contribution is 0.0519. The van der Waals surface area contributed by atoms with Gasteiger partial charge in [-0.1, -0.05) is 0 Å². The zero-order valence-electron chi connectivity index (χ0n) is 9.90. The number of rotatable bonds is 6. The summed E-state index contributed by atoms with van der Waals surface area (Å²) in [6.45, 7) is 5.57. The molecule has 5 nitrogen and oxygen atoms in total. The first kappa shape index (κ1) is 12.7. The quantitative estimate of drug-likeness (QED) is 0.581. The minimum absolute atomic E-state index is 0.349. The first-order chi connectivity index (χ1) is 7.70. The summed E-state index contributed by atoms with van der Waals surface area (Å²) in [6.07, 6.45) is 3.65. The van der Waals surface area contributed by atoms with Gasteiger partial charge in [0.1, 0.15) is 0 Å². The van der Waals surface area contributed by atoms with Crippen LogP contribution in [0.4, 0.5) is 0 Å². The fourth-order valence-electron chi connectivity index (χ4n) is 1.50. The van der Waals surface area contributed by atoms with Gasteiger partial charge in [0.2, 0.25) is 0 Å². The highest BCUT2D eigenvalue weighted by atomic mass is 16.5. The third-order valence-electron chi connectivity index (χ3n) is 2.42. The van der Waals surface area contributed by atoms with E-state index < -0.39 is 0 Å². The molecule has 0 aliphatic heterocycles. The van der Waals surface area contributed by atoms with Crippen LogP contribution in [0.25, 0.3) is 0 Å². The summed E-state index contributed by atoms with van der Waals surface area (Å²) in [6, 6.07) is 0. The van der Waals surface area contributed by atoms with Gasteiger partial charge in [0.15, 0.2) is 5.69 Å². The van der Waals surface area contributed by atoms with Crippen LogP contribution in [0.15, 0.2) is 6.33 Å². The Morgan fingerprint density at radius 3 is 2.94 bits per heavy atom. The van der Waals surface area contributed by atoms with Crippen LogP contribution in [-0.2, 0) is 11.3 Å². The zero-order valence-corrected chi connectivity index (χ0v) is 9.90. The number of aromatic nitrogens is 2. The number of hydrogen-bond acceptors (Lipinski definition) is 4. The normalized spacial score (nSPS) is 10.4. The highest BCUT2D eigenvalue weighted by molar-refractivity contribution is 5.88. The monoisotopic (exact) mass is 225 g/mol. The van der Waals surface area contributed by atoms with Crippen molar-refractivity contribution in [3.8, 4) is 0 Å². The Hall–Kier alpha value is -1.36. The lowest BCUT2D eigenvalue weighted by atomic mass is 10.3. The molecule has 90 valence electrons. The van der Waals surface area contributed by atoms with Gasteiger partial charge in [-0.15, -0.1) is 0 Å². The number of ether oxygens (including phenoxy) is 1. The Kier molecular flexibility index (Phi) is 4.98. The maximum Gasteiger partial charge on any atom is 0.358 e. The Balaban J connectivity index is 2.64. The van der Waals surface area contributed by atoms with Crippen LogP contribution < -0.4 is 5.73 Å². The first-order valence-electron chi connectivity index (χ1n) is 5.59. The molecule has 5 heteroatoms. The molecule has 0 aliphatic carbocycles. The number of imidazole rings is 1. The Morgan fingerprint density at radius 2 is 2.31 bits per heavy atom. The number of nitrogens with zero attached hydrogens (tertiary/aromatic N) is 2. The molecule has 16 heavy (non-hydrogen) atoms. The van der Waals surface area contributed by atoms with E-state index in [9.17, 15) is 4.79 Å². The molecule has 0 saturated heterocycles. The smallest absolute Gasteiger partial charge is 0.358 e. The summed E-state index contributed by atoms with van der Waals surface area (Å²) in [5.74, 6) is -0.349. The number of carbonyl (C=O) groups is 1. The lowest BCUT2D eigenvalue weighted by Gasteiger charge is -2.05. The van der Waals surface area contributed by atoms with Crippen LogP contribution in [0.5, 0.6) is 0 Å². The highest BCUT2D eigenvalue weighted by Gasteiger charge is 2.15. The molecule has 1 aromatic heterocycles. The largest absolute Gasteiger partial charge is 0.461 e. The fourth-order valence-corrected chi connectivity index (χ4v) is 1.50. The van der Waals surface area contributed by atoms with Gasteiger partial charge in [-0.2, -0.15) is 0 Å². The molecule has 0 fully saturated rings. The van der Waals surface area contributed by atoms with Crippen molar-refractivity contribution in [2.45, 2.75) is 33.2 Å². The van der Waals surface area contributed by atoms with Gasteiger partial charge in [-0.05, 0) is 33.2 Å². The summed E-state index contributed by atoms with van der Waals surface area (Å²) in [7, 11) is 0. The molecule has 1 rings (SSSR count).